The number of carbonyl (C=O) groups is 1. The fraction of sp³-hybridized carbons (Fsp3) is 0.500. The second-order valence-corrected chi connectivity index (χ2v) is 5.75. The van der Waals surface area contributed by atoms with Crippen LogP contribution in [0.1, 0.15) is 25.3 Å². The molecule has 0 bridgehead atoms. The number of anilines is 1. The number of rotatable bonds is 4. The molecule has 1 unspecified atom stereocenters. The van der Waals surface area contributed by atoms with Crippen LogP contribution in [0.25, 0.3) is 0 Å². The van der Waals surface area contributed by atoms with Crippen LogP contribution in [0.2, 0.25) is 0 Å². The molecule has 1 aromatic carbocycles. The van der Waals surface area contributed by atoms with Crippen LogP contribution in [0.5, 0.6) is 0 Å². The van der Waals surface area contributed by atoms with Gasteiger partial charge in [-0.15, -0.1) is 0 Å². The number of hydrogen-bond acceptors (Lipinski definition) is 2. The molecule has 2 rings (SSSR count). The second-order valence-electron chi connectivity index (χ2n) is 4.64. The minimum atomic E-state index is -0.0554. The molecule has 0 spiro atoms. The van der Waals surface area contributed by atoms with Crippen molar-refractivity contribution in [2.75, 3.05) is 18.0 Å². The van der Waals surface area contributed by atoms with Crippen LogP contribution in [-0.2, 0) is 11.2 Å². The number of benzene rings is 1. The Morgan fingerprint density at radius 2 is 1.88 bits per heavy atom. The highest BCUT2D eigenvalue weighted by Crippen LogP contribution is 2.21. The van der Waals surface area contributed by atoms with Crippen LogP contribution in [0, 0.1) is 0 Å². The summed E-state index contributed by atoms with van der Waals surface area (Å²) in [6.45, 7) is 3.97. The molecular weight excluding hydrogens is 278 g/mol. The van der Waals surface area contributed by atoms with Gasteiger partial charge in [-0.05, 0) is 43.9 Å². The Bertz CT molecular complexity index is 382. The summed E-state index contributed by atoms with van der Waals surface area (Å²) in [5.74, 6) is 0.189. The maximum absolute atomic E-state index is 11.2. The summed E-state index contributed by atoms with van der Waals surface area (Å²) in [4.78, 5) is 13.5. The summed E-state index contributed by atoms with van der Waals surface area (Å²) >= 11 is 3.40. The first-order valence-electron chi connectivity index (χ1n) is 6.15. The first kappa shape index (κ1) is 12.6. The van der Waals surface area contributed by atoms with Gasteiger partial charge in [-0.25, -0.2) is 0 Å². The zero-order valence-electron chi connectivity index (χ0n) is 10.2. The van der Waals surface area contributed by atoms with Crippen LogP contribution >= 0.6 is 15.9 Å². The van der Waals surface area contributed by atoms with Crippen LogP contribution in [0.4, 0.5) is 5.69 Å². The summed E-state index contributed by atoms with van der Waals surface area (Å²) in [7, 11) is 0. The van der Waals surface area contributed by atoms with Gasteiger partial charge >= 0.3 is 0 Å². The minimum absolute atomic E-state index is 0.0554. The lowest BCUT2D eigenvalue weighted by molar-refractivity contribution is -0.116. The standard InChI is InChI=1S/C14H18BrNO/c1-11(17)14(15)10-12-4-6-13(7-5-12)16-8-2-3-9-16/h4-7,14H,2-3,8-10H2,1H3. The molecule has 1 saturated heterocycles. The van der Waals surface area contributed by atoms with Gasteiger partial charge in [0.2, 0.25) is 0 Å². The van der Waals surface area contributed by atoms with E-state index in [9.17, 15) is 4.79 Å². The predicted octanol–water partition coefficient (Wildman–Crippen LogP) is 3.18. The summed E-state index contributed by atoms with van der Waals surface area (Å²) in [5, 5.41) is 0. The molecule has 17 heavy (non-hydrogen) atoms. The van der Waals surface area contributed by atoms with Crippen molar-refractivity contribution in [3.63, 3.8) is 0 Å². The summed E-state index contributed by atoms with van der Waals surface area (Å²) in [6, 6.07) is 8.59. The number of halogens is 1. The van der Waals surface area contributed by atoms with Gasteiger partial charge in [-0.3, -0.25) is 4.79 Å². The summed E-state index contributed by atoms with van der Waals surface area (Å²) in [5.41, 5.74) is 2.52. The smallest absolute Gasteiger partial charge is 0.143 e. The topological polar surface area (TPSA) is 20.3 Å². The molecule has 92 valence electrons. The zero-order chi connectivity index (χ0) is 12.3. The number of carbonyl (C=O) groups excluding carboxylic acids is 1. The molecule has 1 aromatic rings. The molecule has 3 heteroatoms. The van der Waals surface area contributed by atoms with E-state index >= 15 is 0 Å². The Morgan fingerprint density at radius 1 is 1.29 bits per heavy atom. The second kappa shape index (κ2) is 5.67. The van der Waals surface area contributed by atoms with Crippen LogP contribution in [0.15, 0.2) is 24.3 Å². The van der Waals surface area contributed by atoms with Gasteiger partial charge in [0.25, 0.3) is 0 Å². The lowest BCUT2D eigenvalue weighted by Crippen LogP contribution is -2.17. The SMILES string of the molecule is CC(=O)C(Br)Cc1ccc(N2CCCC2)cc1. The van der Waals surface area contributed by atoms with Gasteiger partial charge < -0.3 is 4.90 Å². The highest BCUT2D eigenvalue weighted by atomic mass is 79.9. The first-order chi connectivity index (χ1) is 8.16. The zero-order valence-corrected chi connectivity index (χ0v) is 11.7. The maximum Gasteiger partial charge on any atom is 0.143 e. The quantitative estimate of drug-likeness (QED) is 0.795. The van der Waals surface area contributed by atoms with E-state index in [1.54, 1.807) is 6.92 Å². The third-order valence-corrected chi connectivity index (χ3v) is 4.23. The van der Waals surface area contributed by atoms with Crippen molar-refractivity contribution in [3.05, 3.63) is 29.8 Å². The predicted molar refractivity (Wildman–Crippen MR) is 75.0 cm³/mol. The normalized spacial score (nSPS) is 17.2. The molecule has 1 atom stereocenters. The Balaban J connectivity index is 2.00. The number of ketones is 1. The Kier molecular flexibility index (Phi) is 4.21. The average Bonchev–Trinajstić information content (AvgIpc) is 2.83. The van der Waals surface area contributed by atoms with Crippen molar-refractivity contribution in [2.45, 2.75) is 31.0 Å². The van der Waals surface area contributed by atoms with Crippen LogP contribution in [-0.4, -0.2) is 23.7 Å². The number of alkyl halides is 1. The van der Waals surface area contributed by atoms with Crippen LogP contribution in [0.3, 0.4) is 0 Å². The third kappa shape index (κ3) is 3.32. The minimum Gasteiger partial charge on any atom is -0.372 e. The van der Waals surface area contributed by atoms with Gasteiger partial charge in [0.15, 0.2) is 0 Å². The van der Waals surface area contributed by atoms with E-state index < -0.39 is 0 Å². The molecule has 0 aliphatic carbocycles. The van der Waals surface area contributed by atoms with Gasteiger partial charge in [-0.1, -0.05) is 28.1 Å². The van der Waals surface area contributed by atoms with Gasteiger partial charge in [0, 0.05) is 18.8 Å². The van der Waals surface area contributed by atoms with Crippen molar-refractivity contribution in [1.29, 1.82) is 0 Å². The van der Waals surface area contributed by atoms with Gasteiger partial charge in [-0.2, -0.15) is 0 Å². The van der Waals surface area contributed by atoms with Crippen LogP contribution < -0.4 is 4.90 Å². The highest BCUT2D eigenvalue weighted by molar-refractivity contribution is 9.10. The lowest BCUT2D eigenvalue weighted by atomic mass is 10.1. The lowest BCUT2D eigenvalue weighted by Gasteiger charge is -2.18. The molecule has 0 N–H and O–H groups in total. The molecule has 0 saturated carbocycles. The molecule has 1 heterocycles. The van der Waals surface area contributed by atoms with E-state index in [1.165, 1.54) is 37.2 Å². The monoisotopic (exact) mass is 295 g/mol. The number of Topliss-reactive ketones (excluding diaryl/α,β-unsaturated/α-hetero) is 1. The number of nitrogens with zero attached hydrogens (tertiary/aromatic N) is 1. The van der Waals surface area contributed by atoms with Crippen molar-refractivity contribution >= 4 is 27.4 Å². The Labute approximate surface area is 111 Å². The van der Waals surface area contributed by atoms with E-state index in [2.05, 4.69) is 45.1 Å². The van der Waals surface area contributed by atoms with E-state index in [4.69, 9.17) is 0 Å². The third-order valence-electron chi connectivity index (χ3n) is 3.26. The van der Waals surface area contributed by atoms with E-state index in [0.717, 1.165) is 6.42 Å². The molecule has 0 amide bonds. The van der Waals surface area contributed by atoms with E-state index in [0.29, 0.717) is 0 Å². The molecule has 1 aliphatic heterocycles. The van der Waals surface area contributed by atoms with E-state index in [-0.39, 0.29) is 10.6 Å². The van der Waals surface area contributed by atoms with Gasteiger partial charge in [0.05, 0.1) is 4.83 Å². The Hall–Kier alpha value is -0.830. The van der Waals surface area contributed by atoms with Crippen molar-refractivity contribution in [2.24, 2.45) is 0 Å². The largest absolute Gasteiger partial charge is 0.372 e. The van der Waals surface area contributed by atoms with Crippen molar-refractivity contribution in [3.8, 4) is 0 Å². The maximum atomic E-state index is 11.2. The van der Waals surface area contributed by atoms with E-state index in [1.807, 2.05) is 0 Å². The molecule has 1 fully saturated rings. The Morgan fingerprint density at radius 3 is 2.41 bits per heavy atom. The highest BCUT2D eigenvalue weighted by Gasteiger charge is 2.13. The summed E-state index contributed by atoms with van der Waals surface area (Å²) < 4.78 is 0. The molecular formula is C14H18BrNO. The average molecular weight is 296 g/mol. The number of hydrogen-bond donors (Lipinski definition) is 0. The first-order valence-corrected chi connectivity index (χ1v) is 7.07. The molecule has 2 nitrogen and oxygen atoms in total. The molecule has 1 aliphatic rings. The van der Waals surface area contributed by atoms with Gasteiger partial charge in [0.1, 0.15) is 5.78 Å². The molecule has 0 radical (unpaired) electrons. The fourth-order valence-corrected chi connectivity index (χ4v) is 2.54. The van der Waals surface area contributed by atoms with Crippen molar-refractivity contribution < 1.29 is 4.79 Å². The summed E-state index contributed by atoms with van der Waals surface area (Å²) in [6.07, 6.45) is 3.38. The van der Waals surface area contributed by atoms with Crippen molar-refractivity contribution in [1.82, 2.24) is 0 Å². The molecule has 0 aromatic heterocycles. The fourth-order valence-electron chi connectivity index (χ4n) is 2.17.